The molecule has 0 aliphatic rings. The molecule has 0 spiro atoms. The summed E-state index contributed by atoms with van der Waals surface area (Å²) in [6.07, 6.45) is 0. The Morgan fingerprint density at radius 3 is 1.62 bits per heavy atom. The summed E-state index contributed by atoms with van der Waals surface area (Å²) in [6, 6.07) is 54.5. The van der Waals surface area contributed by atoms with Crippen LogP contribution in [0.1, 0.15) is 0 Å². The van der Waals surface area contributed by atoms with Crippen LogP contribution in [0.15, 0.2) is 152 Å². The van der Waals surface area contributed by atoms with E-state index >= 15 is 0 Å². The van der Waals surface area contributed by atoms with Gasteiger partial charge < -0.3 is 4.90 Å². The minimum absolute atomic E-state index is 1.15. The van der Waals surface area contributed by atoms with Crippen LogP contribution >= 0.6 is 0 Å². The van der Waals surface area contributed by atoms with E-state index in [9.17, 15) is 0 Å². The van der Waals surface area contributed by atoms with Crippen molar-refractivity contribution in [2.24, 2.45) is 0 Å². The normalized spacial score (nSPS) is 11.2. The number of fused-ring (bicyclic) bond motifs is 3. The number of hydrogen-bond acceptors (Lipinski definition) is 1. The molecule has 0 N–H and O–H groups in total. The zero-order valence-electron chi connectivity index (χ0n) is 20.4. The first kappa shape index (κ1) is 21.4. The molecule has 174 valence electrons. The summed E-state index contributed by atoms with van der Waals surface area (Å²) in [6.45, 7) is 0. The first-order valence-electron chi connectivity index (χ1n) is 12.7. The third-order valence-electron chi connectivity index (χ3n) is 7.17. The van der Waals surface area contributed by atoms with E-state index in [1.165, 1.54) is 43.4 Å². The molecule has 7 aromatic carbocycles. The highest BCUT2D eigenvalue weighted by Crippen LogP contribution is 2.37. The summed E-state index contributed by atoms with van der Waals surface area (Å²) in [5, 5.41) is 7.57. The highest BCUT2D eigenvalue weighted by atomic mass is 15.1. The Bertz CT molecular complexity index is 1830. The summed E-state index contributed by atoms with van der Waals surface area (Å²) >= 11 is 0. The molecular weight excluding hydrogens is 446 g/mol. The van der Waals surface area contributed by atoms with Crippen LogP contribution in [-0.2, 0) is 0 Å². The smallest absolute Gasteiger partial charge is 0.0468 e. The van der Waals surface area contributed by atoms with Crippen LogP contribution in [0, 0.1) is 0 Å². The fraction of sp³-hybridized carbons (Fsp3) is 0. The van der Waals surface area contributed by atoms with E-state index in [0.29, 0.717) is 0 Å². The van der Waals surface area contributed by atoms with Crippen molar-refractivity contribution >= 4 is 49.4 Å². The molecule has 0 aromatic heterocycles. The molecule has 7 rings (SSSR count). The molecule has 0 unspecified atom stereocenters. The zero-order chi connectivity index (χ0) is 24.6. The predicted octanol–water partition coefficient (Wildman–Crippen LogP) is 10.3. The van der Waals surface area contributed by atoms with Crippen LogP contribution in [0.2, 0.25) is 0 Å². The van der Waals surface area contributed by atoms with E-state index in [-0.39, 0.29) is 0 Å². The Labute approximate surface area is 216 Å². The van der Waals surface area contributed by atoms with Crippen molar-refractivity contribution in [2.45, 2.75) is 0 Å². The van der Waals surface area contributed by atoms with Crippen molar-refractivity contribution in [3.63, 3.8) is 0 Å². The Morgan fingerprint density at radius 1 is 0.324 bits per heavy atom. The predicted molar refractivity (Wildman–Crippen MR) is 159 cm³/mol. The van der Waals surface area contributed by atoms with E-state index in [0.717, 1.165) is 17.1 Å². The van der Waals surface area contributed by atoms with Gasteiger partial charge in [0, 0.05) is 17.1 Å². The molecule has 0 radical (unpaired) electrons. The number of rotatable bonds is 4. The van der Waals surface area contributed by atoms with Crippen LogP contribution in [0.4, 0.5) is 17.1 Å². The van der Waals surface area contributed by atoms with Gasteiger partial charge in [-0.1, -0.05) is 97.1 Å². The summed E-state index contributed by atoms with van der Waals surface area (Å²) in [5.41, 5.74) is 5.95. The first-order valence-corrected chi connectivity index (χ1v) is 12.7. The van der Waals surface area contributed by atoms with Crippen LogP contribution in [0.3, 0.4) is 0 Å². The second-order valence-corrected chi connectivity index (χ2v) is 9.48. The van der Waals surface area contributed by atoms with Crippen LogP contribution < -0.4 is 4.90 Å². The quantitative estimate of drug-likeness (QED) is 0.231. The van der Waals surface area contributed by atoms with Crippen LogP contribution in [0.5, 0.6) is 0 Å². The lowest BCUT2D eigenvalue weighted by Crippen LogP contribution is -2.09. The molecule has 0 heterocycles. The Kier molecular flexibility index (Phi) is 5.19. The number of hydrogen-bond donors (Lipinski definition) is 0. The monoisotopic (exact) mass is 471 g/mol. The third-order valence-corrected chi connectivity index (χ3v) is 7.17. The van der Waals surface area contributed by atoms with Gasteiger partial charge in [0.1, 0.15) is 0 Å². The van der Waals surface area contributed by atoms with E-state index in [2.05, 4.69) is 157 Å². The van der Waals surface area contributed by atoms with Gasteiger partial charge in [0.15, 0.2) is 0 Å². The minimum Gasteiger partial charge on any atom is -0.310 e. The topological polar surface area (TPSA) is 3.24 Å². The van der Waals surface area contributed by atoms with Gasteiger partial charge in [-0.25, -0.2) is 0 Å². The zero-order valence-corrected chi connectivity index (χ0v) is 20.4. The molecule has 7 aromatic rings. The lowest BCUT2D eigenvalue weighted by Gasteiger charge is -2.25. The lowest BCUT2D eigenvalue weighted by molar-refractivity contribution is 1.29. The van der Waals surface area contributed by atoms with Crippen LogP contribution in [0.25, 0.3) is 43.4 Å². The largest absolute Gasteiger partial charge is 0.310 e. The second-order valence-electron chi connectivity index (χ2n) is 9.48. The van der Waals surface area contributed by atoms with Gasteiger partial charge in [-0.05, 0) is 98.0 Å². The lowest BCUT2D eigenvalue weighted by atomic mass is 9.94. The van der Waals surface area contributed by atoms with Gasteiger partial charge in [-0.2, -0.15) is 0 Å². The summed E-state index contributed by atoms with van der Waals surface area (Å²) in [7, 11) is 0. The van der Waals surface area contributed by atoms with Crippen molar-refractivity contribution < 1.29 is 0 Å². The third kappa shape index (κ3) is 3.91. The fourth-order valence-electron chi connectivity index (χ4n) is 5.36. The molecule has 0 amide bonds. The molecule has 0 fully saturated rings. The van der Waals surface area contributed by atoms with Crippen LogP contribution in [-0.4, -0.2) is 0 Å². The molecule has 0 saturated heterocycles. The summed E-state index contributed by atoms with van der Waals surface area (Å²) in [4.78, 5) is 2.31. The van der Waals surface area contributed by atoms with Gasteiger partial charge in [0.2, 0.25) is 0 Å². The number of benzene rings is 7. The second kappa shape index (κ2) is 8.96. The molecule has 0 saturated carbocycles. The maximum Gasteiger partial charge on any atom is 0.0468 e. The van der Waals surface area contributed by atoms with Crippen molar-refractivity contribution in [1.29, 1.82) is 0 Å². The highest BCUT2D eigenvalue weighted by Gasteiger charge is 2.13. The molecular formula is C36H25N. The SMILES string of the molecule is c1ccc(N(c2ccccc2)c2ccc3cc(-c4cccc5cc6ccccc6cc45)ccc3c2)cc1. The summed E-state index contributed by atoms with van der Waals surface area (Å²) in [5.74, 6) is 0. The van der Waals surface area contributed by atoms with Crippen molar-refractivity contribution in [2.75, 3.05) is 4.90 Å². The van der Waals surface area contributed by atoms with E-state index in [1.54, 1.807) is 0 Å². The van der Waals surface area contributed by atoms with E-state index < -0.39 is 0 Å². The first-order chi connectivity index (χ1) is 18.3. The van der Waals surface area contributed by atoms with Crippen molar-refractivity contribution in [3.8, 4) is 11.1 Å². The van der Waals surface area contributed by atoms with Crippen molar-refractivity contribution in [1.82, 2.24) is 0 Å². The van der Waals surface area contributed by atoms with Gasteiger partial charge in [0.25, 0.3) is 0 Å². The minimum atomic E-state index is 1.15. The molecule has 37 heavy (non-hydrogen) atoms. The average molecular weight is 472 g/mol. The molecule has 0 aliphatic carbocycles. The highest BCUT2D eigenvalue weighted by molar-refractivity contribution is 6.06. The van der Waals surface area contributed by atoms with Crippen molar-refractivity contribution in [3.05, 3.63) is 152 Å². The number of nitrogens with zero attached hydrogens (tertiary/aromatic N) is 1. The maximum absolute atomic E-state index is 2.32. The average Bonchev–Trinajstić information content (AvgIpc) is 2.97. The molecule has 1 heteroatoms. The molecule has 0 atom stereocenters. The maximum atomic E-state index is 2.32. The molecule has 1 nitrogen and oxygen atoms in total. The standard InChI is InChI=1S/C36H25N/c1-3-13-32(14-4-1)37(33-15-5-2-6-16-33)34-21-20-28-23-31(19-18-29(28)24-34)35-17-9-12-30-22-26-10-7-8-11-27(26)25-36(30)35/h1-25H. The number of para-hydroxylation sites is 2. The molecule has 0 aliphatic heterocycles. The molecule has 0 bridgehead atoms. The number of anilines is 3. The fourth-order valence-corrected chi connectivity index (χ4v) is 5.36. The van der Waals surface area contributed by atoms with Gasteiger partial charge in [-0.15, -0.1) is 0 Å². The summed E-state index contributed by atoms with van der Waals surface area (Å²) < 4.78 is 0. The van der Waals surface area contributed by atoms with E-state index in [4.69, 9.17) is 0 Å². The Balaban J connectivity index is 1.34. The van der Waals surface area contributed by atoms with Gasteiger partial charge in [-0.3, -0.25) is 0 Å². The Morgan fingerprint density at radius 2 is 0.892 bits per heavy atom. The van der Waals surface area contributed by atoms with E-state index in [1.807, 2.05) is 0 Å². The van der Waals surface area contributed by atoms with Gasteiger partial charge >= 0.3 is 0 Å². The Hall–Kier alpha value is -4.88. The van der Waals surface area contributed by atoms with Gasteiger partial charge in [0.05, 0.1) is 0 Å².